The van der Waals surface area contributed by atoms with E-state index < -0.39 is 0 Å². The molecule has 6 nitrogen and oxygen atoms in total. The Morgan fingerprint density at radius 1 is 0.871 bits per heavy atom. The van der Waals surface area contributed by atoms with E-state index in [4.69, 9.17) is 9.47 Å². The lowest BCUT2D eigenvalue weighted by Gasteiger charge is -2.47. The molecule has 1 heterocycles. The quantitative estimate of drug-likeness (QED) is 0.631. The molecule has 6 heteroatoms. The average Bonchev–Trinajstić information content (AvgIpc) is 2.73. The van der Waals surface area contributed by atoms with Crippen molar-refractivity contribution in [3.63, 3.8) is 0 Å². The number of benzene rings is 2. The van der Waals surface area contributed by atoms with E-state index in [0.717, 1.165) is 24.0 Å². The minimum absolute atomic E-state index is 0.0964. The minimum atomic E-state index is -0.180. The van der Waals surface area contributed by atoms with E-state index in [1.165, 1.54) is 0 Å². The SMILES string of the molecule is CCOc1cc([C@H]2N[C@@H](c3ccc(O)c(OCC)c3)[C@@H]3CC(C)C[C@H]2C3=O)ccc1O. The van der Waals surface area contributed by atoms with Crippen molar-refractivity contribution in [2.24, 2.45) is 17.8 Å². The van der Waals surface area contributed by atoms with Gasteiger partial charge in [-0.05, 0) is 68.0 Å². The van der Waals surface area contributed by atoms with Gasteiger partial charge < -0.3 is 25.0 Å². The Kier molecular flexibility index (Phi) is 6.10. The maximum absolute atomic E-state index is 13.5. The molecule has 166 valence electrons. The van der Waals surface area contributed by atoms with Crippen LogP contribution in [-0.2, 0) is 4.79 Å². The van der Waals surface area contributed by atoms with Crippen LogP contribution < -0.4 is 14.8 Å². The van der Waals surface area contributed by atoms with Crippen molar-refractivity contribution in [2.75, 3.05) is 13.2 Å². The van der Waals surface area contributed by atoms with Gasteiger partial charge in [0.2, 0.25) is 0 Å². The maximum atomic E-state index is 13.5. The summed E-state index contributed by atoms with van der Waals surface area (Å²) >= 11 is 0. The van der Waals surface area contributed by atoms with Crippen LogP contribution >= 0.6 is 0 Å². The Labute approximate surface area is 183 Å². The van der Waals surface area contributed by atoms with Crippen molar-refractivity contribution in [3.05, 3.63) is 47.5 Å². The van der Waals surface area contributed by atoms with E-state index in [9.17, 15) is 15.0 Å². The van der Waals surface area contributed by atoms with Gasteiger partial charge in [-0.1, -0.05) is 19.1 Å². The van der Waals surface area contributed by atoms with E-state index >= 15 is 0 Å². The molecule has 1 saturated heterocycles. The third-order valence-electron chi connectivity index (χ3n) is 6.49. The van der Waals surface area contributed by atoms with E-state index in [0.29, 0.717) is 30.6 Å². The number of aromatic hydroxyl groups is 2. The molecule has 1 saturated carbocycles. The lowest BCUT2D eigenvalue weighted by atomic mass is 9.64. The van der Waals surface area contributed by atoms with Crippen LogP contribution in [-0.4, -0.2) is 29.2 Å². The number of Topliss-reactive ketones (excluding diaryl/α,β-unsaturated/α-hetero) is 1. The average molecular weight is 426 g/mol. The number of piperidine rings is 1. The van der Waals surface area contributed by atoms with E-state index in [2.05, 4.69) is 12.2 Å². The fourth-order valence-electron chi connectivity index (χ4n) is 5.14. The lowest BCUT2D eigenvalue weighted by Crippen LogP contribution is -2.52. The molecule has 2 bridgehead atoms. The van der Waals surface area contributed by atoms with Crippen LogP contribution in [0.4, 0.5) is 0 Å². The highest BCUT2D eigenvalue weighted by atomic mass is 16.5. The number of phenols is 2. The van der Waals surface area contributed by atoms with Gasteiger partial charge in [-0.25, -0.2) is 0 Å². The smallest absolute Gasteiger partial charge is 0.161 e. The highest BCUT2D eigenvalue weighted by Gasteiger charge is 2.48. The first-order valence-corrected chi connectivity index (χ1v) is 11.1. The van der Waals surface area contributed by atoms with Gasteiger partial charge in [-0.2, -0.15) is 0 Å². The zero-order valence-corrected chi connectivity index (χ0v) is 18.3. The van der Waals surface area contributed by atoms with Crippen LogP contribution in [0.1, 0.15) is 56.8 Å². The molecule has 0 radical (unpaired) electrons. The molecular weight excluding hydrogens is 394 g/mol. The third kappa shape index (κ3) is 4.09. The molecule has 0 spiro atoms. The fraction of sp³-hybridized carbons (Fsp3) is 0.480. The summed E-state index contributed by atoms with van der Waals surface area (Å²) in [6, 6.07) is 10.3. The van der Waals surface area contributed by atoms with Crippen molar-refractivity contribution < 1.29 is 24.5 Å². The van der Waals surface area contributed by atoms with Gasteiger partial charge >= 0.3 is 0 Å². The number of carbonyl (C=O) groups is 1. The summed E-state index contributed by atoms with van der Waals surface area (Å²) in [6.07, 6.45) is 1.68. The summed E-state index contributed by atoms with van der Waals surface area (Å²) in [5.74, 6) is 1.54. The largest absolute Gasteiger partial charge is 0.504 e. The molecule has 3 N–H and O–H groups in total. The predicted octanol–water partition coefficient (Wildman–Crippen LogP) is 4.51. The Hall–Kier alpha value is -2.73. The second kappa shape index (κ2) is 8.79. The number of ether oxygens (including phenoxy) is 2. The molecule has 5 atom stereocenters. The van der Waals surface area contributed by atoms with E-state index in [-0.39, 0.29) is 41.2 Å². The molecule has 1 aliphatic heterocycles. The zero-order valence-electron chi connectivity index (χ0n) is 18.3. The molecule has 31 heavy (non-hydrogen) atoms. The number of hydrogen-bond acceptors (Lipinski definition) is 6. The van der Waals surface area contributed by atoms with Crippen LogP contribution in [0.25, 0.3) is 0 Å². The number of ketones is 1. The Morgan fingerprint density at radius 3 is 1.74 bits per heavy atom. The van der Waals surface area contributed by atoms with Crippen LogP contribution in [0.5, 0.6) is 23.0 Å². The van der Waals surface area contributed by atoms with Crippen LogP contribution in [0.2, 0.25) is 0 Å². The zero-order chi connectivity index (χ0) is 22.1. The van der Waals surface area contributed by atoms with E-state index in [1.54, 1.807) is 12.1 Å². The predicted molar refractivity (Wildman–Crippen MR) is 118 cm³/mol. The van der Waals surface area contributed by atoms with Gasteiger partial charge in [0, 0.05) is 23.9 Å². The van der Waals surface area contributed by atoms with Crippen LogP contribution in [0, 0.1) is 17.8 Å². The first-order valence-electron chi connectivity index (χ1n) is 11.1. The molecule has 2 aliphatic rings. The van der Waals surface area contributed by atoms with Gasteiger partial charge in [0.15, 0.2) is 23.0 Å². The number of nitrogens with one attached hydrogen (secondary N) is 1. The molecule has 2 aromatic carbocycles. The van der Waals surface area contributed by atoms with Crippen LogP contribution in [0.3, 0.4) is 0 Å². The monoisotopic (exact) mass is 425 g/mol. The van der Waals surface area contributed by atoms with Crippen molar-refractivity contribution in [2.45, 2.75) is 45.7 Å². The number of carbonyl (C=O) groups excluding carboxylic acids is 1. The molecule has 0 amide bonds. The molecule has 1 aliphatic carbocycles. The Balaban J connectivity index is 1.74. The second-order valence-electron chi connectivity index (χ2n) is 8.63. The van der Waals surface area contributed by atoms with Gasteiger partial charge in [-0.15, -0.1) is 0 Å². The van der Waals surface area contributed by atoms with Gasteiger partial charge in [-0.3, -0.25) is 4.79 Å². The summed E-state index contributed by atoms with van der Waals surface area (Å²) in [5, 5.41) is 24.0. The highest BCUT2D eigenvalue weighted by Crippen LogP contribution is 2.49. The summed E-state index contributed by atoms with van der Waals surface area (Å²) in [7, 11) is 0. The van der Waals surface area contributed by atoms with Gasteiger partial charge in [0.05, 0.1) is 13.2 Å². The summed E-state index contributed by atoms with van der Waals surface area (Å²) in [6.45, 7) is 6.86. The molecule has 4 rings (SSSR count). The van der Waals surface area contributed by atoms with E-state index in [1.807, 2.05) is 38.1 Å². The summed E-state index contributed by atoms with van der Waals surface area (Å²) in [5.41, 5.74) is 1.86. The number of hydrogen-bond donors (Lipinski definition) is 3. The van der Waals surface area contributed by atoms with Crippen molar-refractivity contribution in [1.29, 1.82) is 0 Å². The van der Waals surface area contributed by atoms with Gasteiger partial charge in [0.1, 0.15) is 5.78 Å². The van der Waals surface area contributed by atoms with Crippen molar-refractivity contribution >= 4 is 5.78 Å². The third-order valence-corrected chi connectivity index (χ3v) is 6.49. The number of fused-ring (bicyclic) bond motifs is 2. The first kappa shape index (κ1) is 21.5. The molecule has 0 aromatic heterocycles. The molecule has 2 fully saturated rings. The van der Waals surface area contributed by atoms with Crippen molar-refractivity contribution in [3.8, 4) is 23.0 Å². The number of phenolic OH excluding ortho intramolecular Hbond substituents is 2. The van der Waals surface area contributed by atoms with Crippen molar-refractivity contribution in [1.82, 2.24) is 5.32 Å². The topological polar surface area (TPSA) is 88.0 Å². The minimum Gasteiger partial charge on any atom is -0.504 e. The normalized spacial score (nSPS) is 27.7. The van der Waals surface area contributed by atoms with Crippen LogP contribution in [0.15, 0.2) is 36.4 Å². The summed E-state index contributed by atoms with van der Waals surface area (Å²) < 4.78 is 11.2. The first-order chi connectivity index (χ1) is 14.9. The fourth-order valence-corrected chi connectivity index (χ4v) is 5.14. The summed E-state index contributed by atoms with van der Waals surface area (Å²) in [4.78, 5) is 13.5. The van der Waals surface area contributed by atoms with Gasteiger partial charge in [0.25, 0.3) is 0 Å². The maximum Gasteiger partial charge on any atom is 0.161 e. The molecule has 2 aromatic rings. The highest BCUT2D eigenvalue weighted by molar-refractivity contribution is 5.87. The standard InChI is InChI=1S/C25H31NO5/c1-4-30-21-12-15(6-8-19(21)27)23-17-10-14(3)11-18(25(17)29)24(26-23)16-7-9-20(28)22(13-16)31-5-2/h6-9,12-14,17-18,23-24,26-28H,4-5,10-11H2,1-3H3/t14?,17-,18+,23-,24+. The molecular formula is C25H31NO5. The number of rotatable bonds is 6. The second-order valence-corrected chi connectivity index (χ2v) is 8.63. The lowest BCUT2D eigenvalue weighted by molar-refractivity contribution is -0.136. The molecule has 1 unspecified atom stereocenters. The Morgan fingerprint density at radius 2 is 1.32 bits per heavy atom. The Bertz CT molecular complexity index is 885.